The maximum Gasteiger partial charge on any atom is 0.193 e. The molecule has 0 amide bonds. The number of benzene rings is 1. The van der Waals surface area contributed by atoms with Crippen LogP contribution in [0, 0.1) is 5.92 Å². The Morgan fingerprint density at radius 1 is 1.33 bits per heavy atom. The highest BCUT2D eigenvalue weighted by molar-refractivity contribution is 14.0. The number of rotatable bonds is 9. The molecule has 0 bridgehead atoms. The fourth-order valence-electron chi connectivity index (χ4n) is 3.48. The molecule has 1 saturated heterocycles. The fraction of sp³-hybridized carbons (Fsp3) is 0.565. The SMILES string of the molecule is CCNC(=NCCc1csc(C(C)C)n1)N1CCC(COCc2ccccc2)C1.I. The lowest BCUT2D eigenvalue weighted by atomic mass is 10.1. The lowest BCUT2D eigenvalue weighted by Gasteiger charge is -2.21. The molecule has 0 radical (unpaired) electrons. The third-order valence-corrected chi connectivity index (χ3v) is 6.27. The van der Waals surface area contributed by atoms with E-state index in [0.29, 0.717) is 18.4 Å². The third kappa shape index (κ3) is 7.81. The number of nitrogens with zero attached hydrogens (tertiary/aromatic N) is 3. The number of guanidine groups is 1. The summed E-state index contributed by atoms with van der Waals surface area (Å²) in [6, 6.07) is 10.4. The van der Waals surface area contributed by atoms with Crippen LogP contribution in [0.3, 0.4) is 0 Å². The van der Waals surface area contributed by atoms with Crippen molar-refractivity contribution in [2.75, 3.05) is 32.8 Å². The van der Waals surface area contributed by atoms with Crippen LogP contribution in [0.15, 0.2) is 40.7 Å². The number of nitrogens with one attached hydrogen (secondary N) is 1. The molecule has 0 aliphatic carbocycles. The Balaban J connectivity index is 0.00000320. The van der Waals surface area contributed by atoms with Crippen molar-refractivity contribution in [3.05, 3.63) is 52.0 Å². The quantitative estimate of drug-likeness (QED) is 0.278. The van der Waals surface area contributed by atoms with Crippen LogP contribution in [-0.2, 0) is 17.8 Å². The van der Waals surface area contributed by atoms with E-state index in [-0.39, 0.29) is 24.0 Å². The molecule has 30 heavy (non-hydrogen) atoms. The van der Waals surface area contributed by atoms with Crippen LogP contribution in [0.25, 0.3) is 0 Å². The van der Waals surface area contributed by atoms with E-state index in [1.54, 1.807) is 11.3 Å². The van der Waals surface area contributed by atoms with Crippen molar-refractivity contribution in [3.8, 4) is 0 Å². The Bertz CT molecular complexity index is 766. The van der Waals surface area contributed by atoms with Crippen LogP contribution in [0.4, 0.5) is 0 Å². The molecule has 3 rings (SSSR count). The molecule has 7 heteroatoms. The molecular weight excluding hydrogens is 507 g/mol. The number of hydrogen-bond donors (Lipinski definition) is 1. The zero-order valence-corrected chi connectivity index (χ0v) is 21.5. The average molecular weight is 543 g/mol. The van der Waals surface area contributed by atoms with Crippen LogP contribution < -0.4 is 5.32 Å². The minimum absolute atomic E-state index is 0. The van der Waals surface area contributed by atoms with Gasteiger partial charge < -0.3 is 15.0 Å². The average Bonchev–Trinajstić information content (AvgIpc) is 3.38. The summed E-state index contributed by atoms with van der Waals surface area (Å²) in [4.78, 5) is 12.0. The van der Waals surface area contributed by atoms with E-state index in [2.05, 4.69) is 60.6 Å². The van der Waals surface area contributed by atoms with Crippen molar-refractivity contribution < 1.29 is 4.74 Å². The fourth-order valence-corrected chi connectivity index (χ4v) is 4.35. The molecule has 1 atom stereocenters. The molecular formula is C23H35IN4OS. The molecule has 1 N–H and O–H groups in total. The van der Waals surface area contributed by atoms with E-state index in [9.17, 15) is 0 Å². The van der Waals surface area contributed by atoms with Crippen molar-refractivity contribution >= 4 is 41.3 Å². The summed E-state index contributed by atoms with van der Waals surface area (Å²) in [5.41, 5.74) is 2.40. The van der Waals surface area contributed by atoms with Crippen molar-refractivity contribution in [2.24, 2.45) is 10.9 Å². The minimum atomic E-state index is 0. The normalized spacial score (nSPS) is 16.7. The molecule has 1 fully saturated rings. The first-order chi connectivity index (χ1) is 14.2. The number of ether oxygens (including phenoxy) is 1. The lowest BCUT2D eigenvalue weighted by Crippen LogP contribution is -2.40. The number of aromatic nitrogens is 1. The van der Waals surface area contributed by atoms with E-state index in [1.807, 2.05) is 6.07 Å². The number of aliphatic imine (C=N–C) groups is 1. The van der Waals surface area contributed by atoms with Crippen LogP contribution in [0.2, 0.25) is 0 Å². The van der Waals surface area contributed by atoms with Crippen molar-refractivity contribution in [1.82, 2.24) is 15.2 Å². The van der Waals surface area contributed by atoms with Gasteiger partial charge in [-0.15, -0.1) is 35.3 Å². The Morgan fingerprint density at radius 3 is 2.83 bits per heavy atom. The molecule has 1 unspecified atom stereocenters. The highest BCUT2D eigenvalue weighted by Gasteiger charge is 2.25. The summed E-state index contributed by atoms with van der Waals surface area (Å²) in [7, 11) is 0. The lowest BCUT2D eigenvalue weighted by molar-refractivity contribution is 0.0907. The number of hydrogen-bond acceptors (Lipinski definition) is 4. The summed E-state index contributed by atoms with van der Waals surface area (Å²) >= 11 is 1.76. The van der Waals surface area contributed by atoms with Crippen molar-refractivity contribution in [2.45, 2.75) is 46.1 Å². The molecule has 1 aliphatic heterocycles. The first-order valence-corrected chi connectivity index (χ1v) is 11.6. The predicted octanol–water partition coefficient (Wildman–Crippen LogP) is 4.93. The van der Waals surface area contributed by atoms with E-state index >= 15 is 0 Å². The molecule has 2 aromatic rings. The molecule has 5 nitrogen and oxygen atoms in total. The summed E-state index contributed by atoms with van der Waals surface area (Å²) in [5.74, 6) is 2.09. The maximum absolute atomic E-state index is 5.96. The van der Waals surface area contributed by atoms with Gasteiger partial charge in [0.05, 0.1) is 23.9 Å². The van der Waals surface area contributed by atoms with Gasteiger partial charge in [-0.2, -0.15) is 0 Å². The van der Waals surface area contributed by atoms with Crippen LogP contribution in [0.1, 0.15) is 49.4 Å². The predicted molar refractivity (Wildman–Crippen MR) is 137 cm³/mol. The van der Waals surface area contributed by atoms with E-state index in [1.165, 1.54) is 10.6 Å². The standard InChI is InChI=1S/C23H34N4OS.HI/c1-4-24-23(25-12-10-21-17-29-22(26-21)18(2)3)27-13-11-20(14-27)16-28-15-19-8-6-5-7-9-19;/h5-9,17-18,20H,4,10-16H2,1-3H3,(H,24,25);1H. The monoisotopic (exact) mass is 542 g/mol. The van der Waals surface area contributed by atoms with Gasteiger partial charge in [-0.3, -0.25) is 4.99 Å². The molecule has 1 aromatic carbocycles. The molecule has 0 saturated carbocycles. The number of thiazole rings is 1. The van der Waals surface area contributed by atoms with Gasteiger partial charge in [0, 0.05) is 49.8 Å². The minimum Gasteiger partial charge on any atom is -0.376 e. The highest BCUT2D eigenvalue weighted by atomic mass is 127. The van der Waals surface area contributed by atoms with Crippen LogP contribution in [-0.4, -0.2) is 48.6 Å². The Hall–Kier alpha value is -1.19. The first kappa shape index (κ1) is 25.1. The molecule has 166 valence electrons. The van der Waals surface area contributed by atoms with Gasteiger partial charge in [0.1, 0.15) is 0 Å². The zero-order valence-electron chi connectivity index (χ0n) is 18.3. The van der Waals surface area contributed by atoms with E-state index in [0.717, 1.165) is 57.3 Å². The van der Waals surface area contributed by atoms with Gasteiger partial charge in [-0.05, 0) is 18.9 Å². The second-order valence-corrected chi connectivity index (χ2v) is 8.81. The summed E-state index contributed by atoms with van der Waals surface area (Å²) in [6.45, 7) is 11.7. The molecule has 1 aliphatic rings. The van der Waals surface area contributed by atoms with Crippen molar-refractivity contribution in [1.29, 1.82) is 0 Å². The molecule has 1 aromatic heterocycles. The zero-order chi connectivity index (χ0) is 20.5. The topological polar surface area (TPSA) is 49.8 Å². The number of halogens is 1. The highest BCUT2D eigenvalue weighted by Crippen LogP contribution is 2.20. The third-order valence-electron chi connectivity index (χ3n) is 5.08. The second kappa shape index (κ2) is 13.3. The van der Waals surface area contributed by atoms with Crippen LogP contribution >= 0.6 is 35.3 Å². The number of likely N-dealkylation sites (tertiary alicyclic amines) is 1. The summed E-state index contributed by atoms with van der Waals surface area (Å²) in [5, 5.41) is 6.84. The van der Waals surface area contributed by atoms with E-state index in [4.69, 9.17) is 14.7 Å². The van der Waals surface area contributed by atoms with Gasteiger partial charge >= 0.3 is 0 Å². The Labute approximate surface area is 202 Å². The van der Waals surface area contributed by atoms with Gasteiger partial charge in [-0.25, -0.2) is 4.98 Å². The van der Waals surface area contributed by atoms with Gasteiger partial charge in [0.15, 0.2) is 5.96 Å². The van der Waals surface area contributed by atoms with Gasteiger partial charge in [0.2, 0.25) is 0 Å². The second-order valence-electron chi connectivity index (χ2n) is 7.92. The van der Waals surface area contributed by atoms with E-state index < -0.39 is 0 Å². The Morgan fingerprint density at radius 2 is 2.13 bits per heavy atom. The molecule has 0 spiro atoms. The smallest absolute Gasteiger partial charge is 0.193 e. The van der Waals surface area contributed by atoms with Gasteiger partial charge in [0.25, 0.3) is 0 Å². The Kier molecular flexibility index (Phi) is 11.1. The maximum atomic E-state index is 5.96. The van der Waals surface area contributed by atoms with Crippen LogP contribution in [0.5, 0.6) is 0 Å². The first-order valence-electron chi connectivity index (χ1n) is 10.7. The van der Waals surface area contributed by atoms with Crippen molar-refractivity contribution in [3.63, 3.8) is 0 Å². The molecule has 2 heterocycles. The summed E-state index contributed by atoms with van der Waals surface area (Å²) < 4.78 is 5.96. The largest absolute Gasteiger partial charge is 0.376 e. The summed E-state index contributed by atoms with van der Waals surface area (Å²) in [6.07, 6.45) is 2.05. The van der Waals surface area contributed by atoms with Gasteiger partial charge in [-0.1, -0.05) is 44.2 Å².